The zero-order valence-corrected chi connectivity index (χ0v) is 17.0. The molecule has 0 spiro atoms. The van der Waals surface area contributed by atoms with Crippen LogP contribution in [0.4, 0.5) is 11.5 Å². The topological polar surface area (TPSA) is 65.5 Å². The van der Waals surface area contributed by atoms with Gasteiger partial charge in [-0.1, -0.05) is 29.8 Å². The predicted molar refractivity (Wildman–Crippen MR) is 118 cm³/mol. The van der Waals surface area contributed by atoms with Crippen molar-refractivity contribution in [1.29, 1.82) is 0 Å². The van der Waals surface area contributed by atoms with Crippen molar-refractivity contribution >= 4 is 22.4 Å². The number of nitrogens with zero attached hydrogens (tertiary/aromatic N) is 2. The lowest BCUT2D eigenvalue weighted by molar-refractivity contribution is 0.141. The largest absolute Gasteiger partial charge is 0.461 e. The summed E-state index contributed by atoms with van der Waals surface area (Å²) in [6.07, 6.45) is 0. The molecular weight excluding hydrogens is 378 g/mol. The van der Waals surface area contributed by atoms with Gasteiger partial charge >= 0.3 is 6.01 Å². The third kappa shape index (κ3) is 4.85. The summed E-state index contributed by atoms with van der Waals surface area (Å²) in [5.41, 5.74) is 2.89. The van der Waals surface area contributed by atoms with Crippen molar-refractivity contribution in [3.63, 3.8) is 0 Å². The molecule has 0 amide bonds. The molecule has 0 aliphatic heterocycles. The van der Waals surface area contributed by atoms with Crippen molar-refractivity contribution in [3.8, 4) is 17.5 Å². The third-order valence-corrected chi connectivity index (χ3v) is 4.48. The van der Waals surface area contributed by atoms with Crippen LogP contribution in [0.15, 0.2) is 72.8 Å². The van der Waals surface area contributed by atoms with E-state index in [1.54, 1.807) is 7.11 Å². The lowest BCUT2D eigenvalue weighted by Crippen LogP contribution is -2.08. The highest BCUT2D eigenvalue weighted by atomic mass is 16.5. The maximum absolute atomic E-state index is 5.90. The monoisotopic (exact) mass is 401 g/mol. The Hall–Kier alpha value is -3.64. The third-order valence-electron chi connectivity index (χ3n) is 4.48. The van der Waals surface area contributed by atoms with E-state index in [2.05, 4.69) is 22.2 Å². The van der Waals surface area contributed by atoms with Crippen molar-refractivity contribution < 1.29 is 14.2 Å². The van der Waals surface area contributed by atoms with E-state index in [0.717, 1.165) is 28.1 Å². The molecule has 30 heavy (non-hydrogen) atoms. The lowest BCUT2D eigenvalue weighted by Gasteiger charge is -2.12. The van der Waals surface area contributed by atoms with Crippen LogP contribution in [0.2, 0.25) is 0 Å². The van der Waals surface area contributed by atoms with Crippen LogP contribution in [0, 0.1) is 6.92 Å². The molecule has 0 atom stereocenters. The number of aryl methyl sites for hydroxylation is 1. The fourth-order valence-electron chi connectivity index (χ4n) is 2.92. The summed E-state index contributed by atoms with van der Waals surface area (Å²) in [4.78, 5) is 9.00. The van der Waals surface area contributed by atoms with Gasteiger partial charge in [0.15, 0.2) is 0 Å². The molecule has 1 heterocycles. The van der Waals surface area contributed by atoms with Gasteiger partial charge in [-0.3, -0.25) is 0 Å². The molecule has 0 radical (unpaired) electrons. The van der Waals surface area contributed by atoms with Crippen molar-refractivity contribution in [2.24, 2.45) is 0 Å². The molecule has 1 aromatic heterocycles. The van der Waals surface area contributed by atoms with Crippen molar-refractivity contribution in [2.75, 3.05) is 25.6 Å². The van der Waals surface area contributed by atoms with Crippen LogP contribution < -0.4 is 14.8 Å². The van der Waals surface area contributed by atoms with Crippen LogP contribution in [0.25, 0.3) is 10.9 Å². The molecule has 3 aromatic carbocycles. The average molecular weight is 401 g/mol. The number of anilines is 2. The number of hydrogen-bond donors (Lipinski definition) is 1. The van der Waals surface area contributed by atoms with Crippen molar-refractivity contribution in [1.82, 2.24) is 9.97 Å². The second kappa shape index (κ2) is 9.24. The minimum Gasteiger partial charge on any atom is -0.461 e. The molecule has 0 saturated carbocycles. The molecule has 0 bridgehead atoms. The quantitative estimate of drug-likeness (QED) is 0.393. The Labute approximate surface area is 175 Å². The Morgan fingerprint density at radius 2 is 1.50 bits per heavy atom. The first-order valence-corrected chi connectivity index (χ1v) is 9.71. The highest BCUT2D eigenvalue weighted by Gasteiger charge is 2.09. The molecule has 1 N–H and O–H groups in total. The van der Waals surface area contributed by atoms with Gasteiger partial charge in [-0.05, 0) is 55.5 Å². The maximum Gasteiger partial charge on any atom is 0.319 e. The standard InChI is InChI=1S/C24H23N3O3/c1-17-7-11-19(12-8-17)30-20-13-9-18(10-14-20)25-23-21-5-3-4-6-22(21)26-24(27-23)29-16-15-28-2/h3-14H,15-16H2,1-2H3,(H,25,26,27). The van der Waals surface area contributed by atoms with E-state index < -0.39 is 0 Å². The van der Waals surface area contributed by atoms with Crippen molar-refractivity contribution in [3.05, 3.63) is 78.4 Å². The van der Waals surface area contributed by atoms with Crippen LogP contribution in [0.1, 0.15) is 5.56 Å². The first-order valence-electron chi connectivity index (χ1n) is 9.71. The SMILES string of the molecule is COCCOc1nc(Nc2ccc(Oc3ccc(C)cc3)cc2)c2ccccc2n1. The summed E-state index contributed by atoms with van der Waals surface area (Å²) in [6.45, 7) is 2.91. The van der Waals surface area contributed by atoms with Crippen LogP contribution in [0.5, 0.6) is 17.5 Å². The van der Waals surface area contributed by atoms with Gasteiger partial charge in [0, 0.05) is 18.2 Å². The molecule has 0 fully saturated rings. The summed E-state index contributed by atoms with van der Waals surface area (Å²) in [6, 6.07) is 23.8. The molecule has 6 heteroatoms. The summed E-state index contributed by atoms with van der Waals surface area (Å²) in [5, 5.41) is 4.27. The van der Waals surface area contributed by atoms with Crippen LogP contribution in [-0.2, 0) is 4.74 Å². The predicted octanol–water partition coefficient (Wildman–Crippen LogP) is 5.50. The normalized spacial score (nSPS) is 10.7. The van der Waals surface area contributed by atoms with Gasteiger partial charge < -0.3 is 19.5 Å². The smallest absolute Gasteiger partial charge is 0.319 e. The van der Waals surface area contributed by atoms with Gasteiger partial charge in [0.05, 0.1) is 12.1 Å². The first-order chi connectivity index (χ1) is 14.7. The maximum atomic E-state index is 5.90. The number of fused-ring (bicyclic) bond motifs is 1. The van der Waals surface area contributed by atoms with Gasteiger partial charge in [0.1, 0.15) is 23.9 Å². The summed E-state index contributed by atoms with van der Waals surface area (Å²) < 4.78 is 16.5. The number of hydrogen-bond acceptors (Lipinski definition) is 6. The summed E-state index contributed by atoms with van der Waals surface area (Å²) in [5.74, 6) is 2.25. The number of ether oxygens (including phenoxy) is 3. The second-order valence-electron chi connectivity index (χ2n) is 6.78. The van der Waals surface area contributed by atoms with Gasteiger partial charge in [0.25, 0.3) is 0 Å². The highest BCUT2D eigenvalue weighted by Crippen LogP contribution is 2.28. The van der Waals surface area contributed by atoms with Gasteiger partial charge in [-0.15, -0.1) is 0 Å². The molecule has 0 aliphatic carbocycles. The lowest BCUT2D eigenvalue weighted by atomic mass is 10.2. The van der Waals surface area contributed by atoms with E-state index >= 15 is 0 Å². The number of methoxy groups -OCH3 is 1. The number of para-hydroxylation sites is 1. The number of benzene rings is 3. The Bertz CT molecular complexity index is 1110. The van der Waals surface area contributed by atoms with Gasteiger partial charge in [-0.2, -0.15) is 9.97 Å². The fraction of sp³-hybridized carbons (Fsp3) is 0.167. The Kier molecular flexibility index (Phi) is 6.06. The zero-order chi connectivity index (χ0) is 20.8. The molecule has 6 nitrogen and oxygen atoms in total. The molecular formula is C24H23N3O3. The van der Waals surface area contributed by atoms with E-state index in [0.29, 0.717) is 25.0 Å². The molecule has 0 unspecified atom stereocenters. The Morgan fingerprint density at radius 1 is 0.800 bits per heavy atom. The van der Waals surface area contributed by atoms with E-state index in [1.165, 1.54) is 5.56 Å². The number of aromatic nitrogens is 2. The van der Waals surface area contributed by atoms with E-state index in [4.69, 9.17) is 14.2 Å². The first kappa shape index (κ1) is 19.7. The molecule has 4 aromatic rings. The summed E-state index contributed by atoms with van der Waals surface area (Å²) >= 11 is 0. The molecule has 0 aliphatic rings. The minimum absolute atomic E-state index is 0.313. The van der Waals surface area contributed by atoms with E-state index in [1.807, 2.05) is 72.8 Å². The summed E-state index contributed by atoms with van der Waals surface area (Å²) in [7, 11) is 1.63. The average Bonchev–Trinajstić information content (AvgIpc) is 2.77. The van der Waals surface area contributed by atoms with E-state index in [-0.39, 0.29) is 0 Å². The molecule has 4 rings (SSSR count). The zero-order valence-electron chi connectivity index (χ0n) is 17.0. The van der Waals surface area contributed by atoms with Crippen LogP contribution >= 0.6 is 0 Å². The Morgan fingerprint density at radius 3 is 2.23 bits per heavy atom. The fourth-order valence-corrected chi connectivity index (χ4v) is 2.92. The van der Waals surface area contributed by atoms with Crippen LogP contribution in [0.3, 0.4) is 0 Å². The Balaban J connectivity index is 1.53. The number of nitrogens with one attached hydrogen (secondary N) is 1. The van der Waals surface area contributed by atoms with Crippen LogP contribution in [-0.4, -0.2) is 30.3 Å². The van der Waals surface area contributed by atoms with Gasteiger partial charge in [-0.25, -0.2) is 0 Å². The van der Waals surface area contributed by atoms with Crippen molar-refractivity contribution in [2.45, 2.75) is 6.92 Å². The van der Waals surface area contributed by atoms with Gasteiger partial charge in [0.2, 0.25) is 0 Å². The highest BCUT2D eigenvalue weighted by molar-refractivity contribution is 5.91. The number of rotatable bonds is 8. The second-order valence-corrected chi connectivity index (χ2v) is 6.78. The van der Waals surface area contributed by atoms with E-state index in [9.17, 15) is 0 Å². The molecule has 0 saturated heterocycles. The molecule has 152 valence electrons. The minimum atomic E-state index is 0.313.